The number of carbonyl (C=O) groups excluding carboxylic acids is 2. The van der Waals surface area contributed by atoms with E-state index in [-0.39, 0.29) is 24.7 Å². The van der Waals surface area contributed by atoms with Gasteiger partial charge in [-0.2, -0.15) is 0 Å². The van der Waals surface area contributed by atoms with Gasteiger partial charge in [-0.3, -0.25) is 9.59 Å². The Labute approximate surface area is 218 Å². The minimum Gasteiger partial charge on any atom is -0.469 e. The fourth-order valence-corrected chi connectivity index (χ4v) is 3.89. The molecule has 0 atom stereocenters. The van der Waals surface area contributed by atoms with Crippen LogP contribution in [0.15, 0.2) is 78.5 Å². The predicted octanol–water partition coefficient (Wildman–Crippen LogP) is 5.22. The molecule has 37 heavy (non-hydrogen) atoms. The number of hydrogen-bond acceptors (Lipinski definition) is 5. The second-order valence-corrected chi connectivity index (χ2v) is 8.59. The minimum atomic E-state index is -0.394. The summed E-state index contributed by atoms with van der Waals surface area (Å²) < 4.78 is 4.57. The van der Waals surface area contributed by atoms with Crippen molar-refractivity contribution in [3.63, 3.8) is 0 Å². The van der Waals surface area contributed by atoms with E-state index >= 15 is 0 Å². The number of amidine groups is 1. The normalized spacial score (nSPS) is 11.1. The molecule has 3 aromatic rings. The molecule has 0 aliphatic carbocycles. The van der Waals surface area contributed by atoms with Crippen LogP contribution in [-0.2, 0) is 20.8 Å². The number of carbonyl (C=O) groups is 2. The van der Waals surface area contributed by atoms with Crippen LogP contribution in [0.5, 0.6) is 0 Å². The Kier molecular flexibility index (Phi) is 9.61. The summed E-state index contributed by atoms with van der Waals surface area (Å²) in [4.78, 5) is 29.2. The third kappa shape index (κ3) is 7.30. The van der Waals surface area contributed by atoms with Gasteiger partial charge in [-0.1, -0.05) is 73.6 Å². The number of aryl methyl sites for hydroxylation is 2. The number of nitrogens with two attached hydrogens (primary N) is 1. The van der Waals surface area contributed by atoms with Crippen molar-refractivity contribution in [2.75, 3.05) is 13.7 Å². The van der Waals surface area contributed by atoms with Crippen molar-refractivity contribution in [2.45, 2.75) is 33.1 Å². The second kappa shape index (κ2) is 13.1. The van der Waals surface area contributed by atoms with Gasteiger partial charge in [0.25, 0.3) is 5.91 Å². The molecule has 0 saturated carbocycles. The molecule has 3 aromatic carbocycles. The molecule has 0 aliphatic rings. The van der Waals surface area contributed by atoms with Gasteiger partial charge in [-0.05, 0) is 53.8 Å². The van der Waals surface area contributed by atoms with Gasteiger partial charge < -0.3 is 20.6 Å². The highest BCUT2D eigenvalue weighted by Crippen LogP contribution is 2.30. The number of nitrogens with zero attached hydrogens (tertiary/aromatic N) is 1. The first kappa shape index (κ1) is 27.2. The monoisotopic (exact) mass is 499 g/mol. The van der Waals surface area contributed by atoms with E-state index in [1.807, 2.05) is 18.2 Å². The Morgan fingerprint density at radius 2 is 1.73 bits per heavy atom. The minimum absolute atomic E-state index is 0.0907. The number of hydrogen-bond donors (Lipinski definition) is 2. The van der Waals surface area contributed by atoms with Gasteiger partial charge in [-0.25, -0.2) is 0 Å². The zero-order valence-corrected chi connectivity index (χ0v) is 21.5. The van der Waals surface area contributed by atoms with E-state index in [0.29, 0.717) is 16.9 Å². The predicted molar refractivity (Wildman–Crippen MR) is 147 cm³/mol. The molecule has 0 aromatic heterocycles. The zero-order valence-electron chi connectivity index (χ0n) is 21.5. The first-order chi connectivity index (χ1) is 17.8. The molecule has 0 heterocycles. The number of oxime groups is 1. The Bertz CT molecular complexity index is 1310. The molecule has 3 N–H and O–H groups in total. The first-order valence-corrected chi connectivity index (χ1v) is 12.2. The van der Waals surface area contributed by atoms with Gasteiger partial charge in [0.2, 0.25) is 0 Å². The molecule has 0 saturated heterocycles. The maximum absolute atomic E-state index is 12.4. The lowest BCUT2D eigenvalue weighted by atomic mass is 9.92. The van der Waals surface area contributed by atoms with Crippen LogP contribution in [0.3, 0.4) is 0 Å². The van der Waals surface area contributed by atoms with Crippen LogP contribution >= 0.6 is 0 Å². The Morgan fingerprint density at radius 1 is 0.973 bits per heavy atom. The molecule has 0 aliphatic heterocycles. The van der Waals surface area contributed by atoms with E-state index in [1.54, 1.807) is 24.3 Å². The van der Waals surface area contributed by atoms with Gasteiger partial charge in [0.1, 0.15) is 0 Å². The van der Waals surface area contributed by atoms with E-state index in [9.17, 15) is 9.59 Å². The quantitative estimate of drug-likeness (QED) is 0.124. The van der Waals surface area contributed by atoms with E-state index in [4.69, 9.17) is 10.6 Å². The molecule has 7 nitrogen and oxygen atoms in total. The van der Waals surface area contributed by atoms with E-state index in [2.05, 4.69) is 59.9 Å². The molecular formula is C30H33N3O4. The molecule has 0 bridgehead atoms. The van der Waals surface area contributed by atoms with Gasteiger partial charge >= 0.3 is 5.97 Å². The molecular weight excluding hydrogens is 466 g/mol. The summed E-state index contributed by atoms with van der Waals surface area (Å²) in [5, 5.41) is 6.71. The van der Waals surface area contributed by atoms with Crippen molar-refractivity contribution >= 4 is 23.5 Å². The Hall–Kier alpha value is -4.39. The molecule has 192 valence electrons. The van der Waals surface area contributed by atoms with Gasteiger partial charge in [0.15, 0.2) is 11.6 Å². The number of benzene rings is 3. The summed E-state index contributed by atoms with van der Waals surface area (Å²) in [5.74, 6) is -0.250. The number of nitrogens with one attached hydrogen (secondary N) is 1. The van der Waals surface area contributed by atoms with Crippen molar-refractivity contribution in [3.8, 4) is 11.1 Å². The highest BCUT2D eigenvalue weighted by Gasteiger charge is 2.12. The number of ether oxygens (including phenoxy) is 1. The van der Waals surface area contributed by atoms with E-state index < -0.39 is 5.97 Å². The molecule has 0 fully saturated rings. The first-order valence-electron chi connectivity index (χ1n) is 12.2. The molecule has 3 rings (SSSR count). The smallest absolute Gasteiger partial charge is 0.307 e. The average molecular weight is 500 g/mol. The summed E-state index contributed by atoms with van der Waals surface area (Å²) in [5.41, 5.74) is 12.7. The van der Waals surface area contributed by atoms with Crippen LogP contribution < -0.4 is 11.1 Å². The number of methoxy groups -OCH3 is 1. The lowest BCUT2D eigenvalue weighted by Crippen LogP contribution is -2.26. The molecule has 0 spiro atoms. The summed E-state index contributed by atoms with van der Waals surface area (Å²) >= 11 is 0. The fraction of sp³-hybridized carbons (Fsp3) is 0.233. The van der Waals surface area contributed by atoms with Crippen LogP contribution in [0.25, 0.3) is 16.9 Å². The highest BCUT2D eigenvalue weighted by atomic mass is 16.6. The fourth-order valence-electron chi connectivity index (χ4n) is 3.89. The van der Waals surface area contributed by atoms with Crippen LogP contribution in [-0.4, -0.2) is 31.4 Å². The van der Waals surface area contributed by atoms with Gasteiger partial charge in [0.05, 0.1) is 13.5 Å². The summed E-state index contributed by atoms with van der Waals surface area (Å²) in [6.45, 7) is 8.46. The second-order valence-electron chi connectivity index (χ2n) is 8.59. The molecule has 1 amide bonds. The Morgan fingerprint density at radius 3 is 2.46 bits per heavy atom. The Balaban J connectivity index is 1.72. The van der Waals surface area contributed by atoms with Crippen molar-refractivity contribution in [1.82, 2.24) is 5.32 Å². The largest absolute Gasteiger partial charge is 0.469 e. The molecule has 7 heteroatoms. The third-order valence-electron chi connectivity index (χ3n) is 5.90. The topological polar surface area (TPSA) is 103 Å². The average Bonchev–Trinajstić information content (AvgIpc) is 2.92. The standard InChI is InChI=1S/C30H33N3O4/c1-5-9-23-18-22(14-15-27(23)26-13-7-6-10-20(26)2)21(3)37-33-29(31)24-11-8-12-25(19-24)30(35)32-17-16-28(34)36-4/h6-8,10-15,18-19H,3,5,9,16-17H2,1-2,4H3,(H2,31,33)(H,32,35). The van der Waals surface area contributed by atoms with E-state index in [0.717, 1.165) is 18.4 Å². The summed E-state index contributed by atoms with van der Waals surface area (Å²) in [6, 6.07) is 21.1. The maximum atomic E-state index is 12.4. The van der Waals surface area contributed by atoms with E-state index in [1.165, 1.54) is 29.4 Å². The SMILES string of the molecule is C=C(O/N=C(\N)c1cccc(C(=O)NCCC(=O)OC)c1)c1ccc(-c2ccccc2C)c(CCC)c1. The van der Waals surface area contributed by atoms with Crippen molar-refractivity contribution in [2.24, 2.45) is 10.9 Å². The van der Waals surface area contributed by atoms with Crippen LogP contribution in [0.4, 0.5) is 0 Å². The van der Waals surface area contributed by atoms with Gasteiger partial charge in [0, 0.05) is 23.2 Å². The number of rotatable bonds is 11. The lowest BCUT2D eigenvalue weighted by molar-refractivity contribution is -0.140. The highest BCUT2D eigenvalue weighted by molar-refractivity contribution is 6.01. The number of amides is 1. The van der Waals surface area contributed by atoms with Crippen LogP contribution in [0.1, 0.15) is 52.4 Å². The van der Waals surface area contributed by atoms with Crippen molar-refractivity contribution in [3.05, 3.63) is 101 Å². The number of esters is 1. The van der Waals surface area contributed by atoms with Gasteiger partial charge in [-0.15, -0.1) is 0 Å². The summed E-state index contributed by atoms with van der Waals surface area (Å²) in [6.07, 6.45) is 2.02. The van der Waals surface area contributed by atoms with Crippen molar-refractivity contribution < 1.29 is 19.2 Å². The summed E-state index contributed by atoms with van der Waals surface area (Å²) in [7, 11) is 1.30. The third-order valence-corrected chi connectivity index (χ3v) is 5.90. The zero-order chi connectivity index (χ0) is 26.8. The molecule has 0 unspecified atom stereocenters. The lowest BCUT2D eigenvalue weighted by Gasteiger charge is -2.14. The van der Waals surface area contributed by atoms with Crippen LogP contribution in [0.2, 0.25) is 0 Å². The van der Waals surface area contributed by atoms with Crippen LogP contribution in [0, 0.1) is 6.92 Å². The van der Waals surface area contributed by atoms with Crippen molar-refractivity contribution in [1.29, 1.82) is 0 Å². The maximum Gasteiger partial charge on any atom is 0.307 e. The molecule has 0 radical (unpaired) electrons.